The van der Waals surface area contributed by atoms with E-state index in [1.807, 2.05) is 0 Å². The predicted octanol–water partition coefficient (Wildman–Crippen LogP) is 3.47. The Hall–Kier alpha value is -2.77. The number of amides is 2. The largest absolute Gasteiger partial charge is 0.399 e. The van der Waals surface area contributed by atoms with Crippen molar-refractivity contribution in [3.05, 3.63) is 53.6 Å². The van der Waals surface area contributed by atoms with Gasteiger partial charge in [-0.05, 0) is 24.3 Å². The molecule has 0 heterocycles. The zero-order valence-corrected chi connectivity index (χ0v) is 10.4. The minimum atomic E-state index is -1.69. The van der Waals surface area contributed by atoms with Crippen molar-refractivity contribution in [3.63, 3.8) is 0 Å². The third-order valence-electron chi connectivity index (χ3n) is 2.52. The lowest BCUT2D eigenvalue weighted by molar-refractivity contribution is 0.262. The van der Waals surface area contributed by atoms with Gasteiger partial charge in [-0.3, -0.25) is 0 Å². The molecule has 0 saturated heterocycles. The first-order valence-corrected chi connectivity index (χ1v) is 5.65. The van der Waals surface area contributed by atoms with Gasteiger partial charge >= 0.3 is 6.03 Å². The molecular formula is C13H9F4N3O. The Bertz CT molecular complexity index is 663. The van der Waals surface area contributed by atoms with Crippen molar-refractivity contribution in [3.8, 4) is 0 Å². The summed E-state index contributed by atoms with van der Waals surface area (Å²) in [5.41, 5.74) is 4.96. The summed E-state index contributed by atoms with van der Waals surface area (Å²) in [5.74, 6) is -6.61. The van der Waals surface area contributed by atoms with Crippen LogP contribution in [0.25, 0.3) is 0 Å². The molecule has 4 nitrogen and oxygen atoms in total. The minimum absolute atomic E-state index is 0.0493. The normalized spacial score (nSPS) is 10.3. The van der Waals surface area contributed by atoms with Crippen molar-refractivity contribution in [2.24, 2.45) is 0 Å². The zero-order valence-electron chi connectivity index (χ0n) is 10.4. The molecule has 21 heavy (non-hydrogen) atoms. The molecule has 0 fully saturated rings. The molecular weight excluding hydrogens is 290 g/mol. The van der Waals surface area contributed by atoms with Crippen LogP contribution in [0, 0.1) is 23.3 Å². The molecule has 0 aliphatic heterocycles. The van der Waals surface area contributed by atoms with Crippen molar-refractivity contribution in [2.75, 3.05) is 16.4 Å². The van der Waals surface area contributed by atoms with Crippen LogP contribution in [0.3, 0.4) is 0 Å². The number of urea groups is 1. The van der Waals surface area contributed by atoms with Gasteiger partial charge in [-0.2, -0.15) is 0 Å². The van der Waals surface area contributed by atoms with E-state index in [-0.39, 0.29) is 11.8 Å². The number of carbonyl (C=O) groups excluding carboxylic acids is 1. The molecule has 0 bridgehead atoms. The number of anilines is 3. The van der Waals surface area contributed by atoms with Gasteiger partial charge in [-0.1, -0.05) is 0 Å². The average molecular weight is 299 g/mol. The second-order valence-corrected chi connectivity index (χ2v) is 4.04. The van der Waals surface area contributed by atoms with Crippen molar-refractivity contribution in [1.82, 2.24) is 0 Å². The van der Waals surface area contributed by atoms with Crippen molar-refractivity contribution < 1.29 is 22.4 Å². The van der Waals surface area contributed by atoms with Crippen LogP contribution in [0.1, 0.15) is 0 Å². The predicted molar refractivity (Wildman–Crippen MR) is 69.8 cm³/mol. The summed E-state index contributed by atoms with van der Waals surface area (Å²) in [7, 11) is 0. The van der Waals surface area contributed by atoms with Gasteiger partial charge in [-0.15, -0.1) is 0 Å². The number of nitrogens with one attached hydrogen (secondary N) is 2. The van der Waals surface area contributed by atoms with E-state index in [0.29, 0.717) is 5.69 Å². The van der Waals surface area contributed by atoms with Gasteiger partial charge < -0.3 is 16.4 Å². The lowest BCUT2D eigenvalue weighted by Crippen LogP contribution is -2.21. The molecule has 8 heteroatoms. The van der Waals surface area contributed by atoms with Crippen LogP contribution in [0.15, 0.2) is 30.3 Å². The third kappa shape index (κ3) is 3.22. The van der Waals surface area contributed by atoms with E-state index in [9.17, 15) is 22.4 Å². The molecule has 0 radical (unpaired) electrons. The first-order valence-electron chi connectivity index (χ1n) is 5.65. The second kappa shape index (κ2) is 5.70. The van der Waals surface area contributed by atoms with Crippen molar-refractivity contribution in [1.29, 1.82) is 0 Å². The molecule has 0 atom stereocenters. The van der Waals surface area contributed by atoms with Crippen LogP contribution in [0.4, 0.5) is 39.4 Å². The fraction of sp³-hybridized carbons (Fsp3) is 0. The number of carbonyl (C=O) groups is 1. The van der Waals surface area contributed by atoms with E-state index in [1.165, 1.54) is 24.3 Å². The van der Waals surface area contributed by atoms with E-state index < -0.39 is 35.0 Å². The number of nitrogen functional groups attached to an aromatic ring is 1. The molecule has 2 aromatic carbocycles. The molecule has 0 aliphatic carbocycles. The van der Waals surface area contributed by atoms with Crippen molar-refractivity contribution >= 4 is 23.1 Å². The summed E-state index contributed by atoms with van der Waals surface area (Å²) in [6, 6.07) is 4.83. The standard InChI is InChI=1S/C13H9F4N3O/c14-8-5-9(15)11(17)12(10(8)16)20-13(21)19-7-3-1-6(18)2-4-7/h1-5H,18H2,(H2,19,20,21). The Morgan fingerprint density at radius 1 is 0.905 bits per heavy atom. The van der Waals surface area contributed by atoms with Gasteiger partial charge in [-0.25, -0.2) is 22.4 Å². The Kier molecular flexibility index (Phi) is 3.97. The van der Waals surface area contributed by atoms with Crippen LogP contribution in [-0.4, -0.2) is 6.03 Å². The van der Waals surface area contributed by atoms with Crippen LogP contribution < -0.4 is 16.4 Å². The van der Waals surface area contributed by atoms with Gasteiger partial charge in [0.2, 0.25) is 0 Å². The number of hydrogen-bond acceptors (Lipinski definition) is 2. The van der Waals surface area contributed by atoms with E-state index in [2.05, 4.69) is 5.32 Å². The zero-order chi connectivity index (χ0) is 15.6. The molecule has 2 rings (SSSR count). The van der Waals surface area contributed by atoms with E-state index in [1.54, 1.807) is 5.32 Å². The summed E-state index contributed by atoms with van der Waals surface area (Å²) in [6.07, 6.45) is 0. The summed E-state index contributed by atoms with van der Waals surface area (Å²) in [6.45, 7) is 0. The molecule has 0 aliphatic rings. The highest BCUT2D eigenvalue weighted by Crippen LogP contribution is 2.24. The van der Waals surface area contributed by atoms with Gasteiger partial charge in [0.15, 0.2) is 23.3 Å². The average Bonchev–Trinajstić information content (AvgIpc) is 2.44. The second-order valence-electron chi connectivity index (χ2n) is 4.04. The lowest BCUT2D eigenvalue weighted by atomic mass is 10.2. The lowest BCUT2D eigenvalue weighted by Gasteiger charge is -2.10. The molecule has 2 aromatic rings. The molecule has 4 N–H and O–H groups in total. The van der Waals surface area contributed by atoms with Gasteiger partial charge in [0.1, 0.15) is 5.69 Å². The highest BCUT2D eigenvalue weighted by molar-refractivity contribution is 6.00. The van der Waals surface area contributed by atoms with Gasteiger partial charge in [0.05, 0.1) is 0 Å². The van der Waals surface area contributed by atoms with E-state index >= 15 is 0 Å². The molecule has 0 aromatic heterocycles. The van der Waals surface area contributed by atoms with E-state index in [4.69, 9.17) is 5.73 Å². The molecule has 0 spiro atoms. The number of benzene rings is 2. The monoisotopic (exact) mass is 299 g/mol. The topological polar surface area (TPSA) is 67.1 Å². The smallest absolute Gasteiger partial charge is 0.323 e. The summed E-state index contributed by atoms with van der Waals surface area (Å²) < 4.78 is 52.7. The number of rotatable bonds is 2. The number of halogens is 4. The number of nitrogens with two attached hydrogens (primary N) is 1. The van der Waals surface area contributed by atoms with E-state index in [0.717, 1.165) is 0 Å². The fourth-order valence-electron chi connectivity index (χ4n) is 1.53. The number of hydrogen-bond donors (Lipinski definition) is 3. The molecule has 0 unspecified atom stereocenters. The first kappa shape index (κ1) is 14.6. The summed E-state index contributed by atoms with van der Waals surface area (Å²) in [4.78, 5) is 11.6. The SMILES string of the molecule is Nc1ccc(NC(=O)Nc2c(F)c(F)cc(F)c2F)cc1. The Morgan fingerprint density at radius 3 is 1.95 bits per heavy atom. The maximum absolute atomic E-state index is 13.4. The van der Waals surface area contributed by atoms with Crippen LogP contribution in [0.2, 0.25) is 0 Å². The first-order chi connectivity index (χ1) is 9.88. The highest BCUT2D eigenvalue weighted by Gasteiger charge is 2.20. The van der Waals surface area contributed by atoms with Crippen molar-refractivity contribution in [2.45, 2.75) is 0 Å². The van der Waals surface area contributed by atoms with Crippen LogP contribution >= 0.6 is 0 Å². The van der Waals surface area contributed by atoms with Crippen LogP contribution in [0.5, 0.6) is 0 Å². The maximum atomic E-state index is 13.4. The quantitative estimate of drug-likeness (QED) is 0.451. The Balaban J connectivity index is 2.18. The van der Waals surface area contributed by atoms with Crippen LogP contribution in [-0.2, 0) is 0 Å². The summed E-state index contributed by atoms with van der Waals surface area (Å²) in [5, 5.41) is 3.94. The highest BCUT2D eigenvalue weighted by atomic mass is 19.2. The summed E-state index contributed by atoms with van der Waals surface area (Å²) >= 11 is 0. The Labute approximate surface area is 116 Å². The Morgan fingerprint density at radius 2 is 1.43 bits per heavy atom. The van der Waals surface area contributed by atoms with Gasteiger partial charge in [0, 0.05) is 17.4 Å². The van der Waals surface area contributed by atoms with Gasteiger partial charge in [0.25, 0.3) is 0 Å². The molecule has 110 valence electrons. The fourth-order valence-corrected chi connectivity index (χ4v) is 1.53. The minimum Gasteiger partial charge on any atom is -0.399 e. The maximum Gasteiger partial charge on any atom is 0.323 e. The molecule has 0 saturated carbocycles. The molecule has 2 amide bonds. The third-order valence-corrected chi connectivity index (χ3v) is 2.52.